The van der Waals surface area contributed by atoms with Crippen molar-refractivity contribution in [3.05, 3.63) is 24.3 Å². The molecular weight excluding hydrogens is 421 g/mol. The van der Waals surface area contributed by atoms with Crippen molar-refractivity contribution in [1.82, 2.24) is 5.32 Å². The van der Waals surface area contributed by atoms with E-state index >= 15 is 0 Å². The van der Waals surface area contributed by atoms with Gasteiger partial charge < -0.3 is 16.0 Å². The average molecular weight is 451 g/mol. The second-order valence-corrected chi connectivity index (χ2v) is 9.19. The number of carbonyl (C=O) groups excluding carboxylic acids is 2. The van der Waals surface area contributed by atoms with Crippen LogP contribution in [0.2, 0.25) is 0 Å². The molecule has 0 aromatic heterocycles. The third-order valence-corrected chi connectivity index (χ3v) is 4.81. The molecule has 28 heavy (non-hydrogen) atoms. The fourth-order valence-corrected chi connectivity index (χ4v) is 3.02. The molecule has 158 valence electrons. The number of hydrogen-bond acceptors (Lipinski definition) is 3. The van der Waals surface area contributed by atoms with E-state index in [1.54, 1.807) is 24.3 Å². The summed E-state index contributed by atoms with van der Waals surface area (Å²) in [6.07, 6.45) is 7.45. The van der Waals surface area contributed by atoms with Gasteiger partial charge >= 0.3 is 0 Å². The van der Waals surface area contributed by atoms with Gasteiger partial charge in [0.15, 0.2) is 0 Å². The smallest absolute Gasteiger partial charge is 0.228 e. The number of rotatable bonds is 12. The SMILES string of the molecule is CCCCCCCCCC(=O)N[C@@H](Nc1ccc(NC(C)=O)cc1)C(Cl)(Cl)Cl. The van der Waals surface area contributed by atoms with Crippen LogP contribution in [0.3, 0.4) is 0 Å². The third-order valence-electron chi connectivity index (χ3n) is 4.16. The summed E-state index contributed by atoms with van der Waals surface area (Å²) in [5, 5.41) is 8.44. The molecule has 0 unspecified atom stereocenters. The van der Waals surface area contributed by atoms with Crippen LogP contribution in [-0.4, -0.2) is 21.8 Å². The Morgan fingerprint density at radius 3 is 2.00 bits per heavy atom. The van der Waals surface area contributed by atoms with Gasteiger partial charge in [-0.3, -0.25) is 9.59 Å². The van der Waals surface area contributed by atoms with E-state index in [0.29, 0.717) is 17.8 Å². The van der Waals surface area contributed by atoms with E-state index in [9.17, 15) is 9.59 Å². The van der Waals surface area contributed by atoms with Crippen LogP contribution in [0, 0.1) is 0 Å². The molecule has 0 fully saturated rings. The Morgan fingerprint density at radius 2 is 1.46 bits per heavy atom. The monoisotopic (exact) mass is 449 g/mol. The van der Waals surface area contributed by atoms with Crippen molar-refractivity contribution in [3.8, 4) is 0 Å². The van der Waals surface area contributed by atoms with E-state index in [0.717, 1.165) is 19.3 Å². The van der Waals surface area contributed by atoms with Gasteiger partial charge in [0.2, 0.25) is 15.6 Å². The first-order valence-electron chi connectivity index (χ1n) is 9.72. The molecule has 1 aromatic rings. The third kappa shape index (κ3) is 11.0. The first-order valence-corrected chi connectivity index (χ1v) is 10.9. The lowest BCUT2D eigenvalue weighted by molar-refractivity contribution is -0.121. The zero-order valence-corrected chi connectivity index (χ0v) is 18.8. The molecular formula is C20H30Cl3N3O2. The minimum atomic E-state index is -1.72. The lowest BCUT2D eigenvalue weighted by atomic mass is 10.1. The molecule has 0 radical (unpaired) electrons. The standard InChI is InChI=1S/C20H30Cl3N3O2/c1-3-4-5-6-7-8-9-10-18(28)26-19(20(21,22)23)25-17-13-11-16(12-14-17)24-15(2)27/h11-14,19,25H,3-10H2,1-2H3,(H,24,27)(H,26,28)/t19-/m1/s1. The molecule has 0 aliphatic carbocycles. The number of benzene rings is 1. The highest BCUT2D eigenvalue weighted by atomic mass is 35.6. The highest BCUT2D eigenvalue weighted by Gasteiger charge is 2.33. The van der Waals surface area contributed by atoms with Crippen molar-refractivity contribution >= 4 is 58.0 Å². The van der Waals surface area contributed by atoms with E-state index in [-0.39, 0.29) is 11.8 Å². The van der Waals surface area contributed by atoms with Crippen LogP contribution in [-0.2, 0) is 9.59 Å². The molecule has 1 rings (SSSR count). The molecule has 1 aromatic carbocycles. The van der Waals surface area contributed by atoms with Crippen molar-refractivity contribution in [2.45, 2.75) is 75.2 Å². The lowest BCUT2D eigenvalue weighted by Gasteiger charge is -2.27. The molecule has 0 saturated heterocycles. The highest BCUT2D eigenvalue weighted by molar-refractivity contribution is 6.68. The molecule has 3 N–H and O–H groups in total. The van der Waals surface area contributed by atoms with Gasteiger partial charge in [-0.2, -0.15) is 0 Å². The van der Waals surface area contributed by atoms with Gasteiger partial charge in [-0.05, 0) is 30.7 Å². The van der Waals surface area contributed by atoms with E-state index in [1.165, 1.54) is 32.6 Å². The maximum atomic E-state index is 12.2. The molecule has 0 aliphatic rings. The maximum absolute atomic E-state index is 12.2. The Morgan fingerprint density at radius 1 is 0.929 bits per heavy atom. The number of hydrogen-bond donors (Lipinski definition) is 3. The summed E-state index contributed by atoms with van der Waals surface area (Å²) < 4.78 is -1.72. The molecule has 0 bridgehead atoms. The summed E-state index contributed by atoms with van der Waals surface area (Å²) in [4.78, 5) is 23.3. The fourth-order valence-electron chi connectivity index (χ4n) is 2.70. The lowest BCUT2D eigenvalue weighted by Crippen LogP contribution is -2.49. The number of alkyl halides is 3. The molecule has 8 heteroatoms. The van der Waals surface area contributed by atoms with E-state index in [2.05, 4.69) is 22.9 Å². The van der Waals surface area contributed by atoms with Crippen LogP contribution in [0.4, 0.5) is 11.4 Å². The molecule has 1 atom stereocenters. The number of unbranched alkanes of at least 4 members (excludes halogenated alkanes) is 6. The predicted octanol–water partition coefficient (Wildman–Crippen LogP) is 6.01. The Hall–Kier alpha value is -1.17. The summed E-state index contributed by atoms with van der Waals surface area (Å²) in [6.45, 7) is 3.63. The number of halogens is 3. The summed E-state index contributed by atoms with van der Waals surface area (Å²) in [6, 6.07) is 6.91. The number of anilines is 2. The summed E-state index contributed by atoms with van der Waals surface area (Å²) in [5.41, 5.74) is 1.31. The minimum absolute atomic E-state index is 0.155. The molecule has 0 aliphatic heterocycles. The molecule has 0 heterocycles. The second-order valence-electron chi connectivity index (χ2n) is 6.82. The molecule has 2 amide bonds. The van der Waals surface area contributed by atoms with Crippen LogP contribution in [0.1, 0.15) is 65.2 Å². The van der Waals surface area contributed by atoms with Crippen molar-refractivity contribution in [2.75, 3.05) is 10.6 Å². The molecule has 0 spiro atoms. The first-order chi connectivity index (χ1) is 13.2. The van der Waals surface area contributed by atoms with Crippen molar-refractivity contribution in [2.24, 2.45) is 0 Å². The second kappa shape index (κ2) is 13.1. The van der Waals surface area contributed by atoms with Crippen LogP contribution >= 0.6 is 34.8 Å². The summed E-state index contributed by atoms with van der Waals surface area (Å²) in [5.74, 6) is -0.315. The van der Waals surface area contributed by atoms with Gasteiger partial charge in [0.1, 0.15) is 6.17 Å². The number of nitrogens with one attached hydrogen (secondary N) is 3. The first kappa shape index (κ1) is 24.9. The Balaban J connectivity index is 2.48. The van der Waals surface area contributed by atoms with Gasteiger partial charge in [0.05, 0.1) is 0 Å². The van der Waals surface area contributed by atoms with Crippen LogP contribution in [0.15, 0.2) is 24.3 Å². The molecule has 0 saturated carbocycles. The Bertz CT molecular complexity index is 604. The van der Waals surface area contributed by atoms with E-state index in [4.69, 9.17) is 34.8 Å². The zero-order chi connectivity index (χ0) is 21.0. The maximum Gasteiger partial charge on any atom is 0.228 e. The quantitative estimate of drug-likeness (QED) is 0.207. The highest BCUT2D eigenvalue weighted by Crippen LogP contribution is 2.31. The number of carbonyl (C=O) groups is 2. The van der Waals surface area contributed by atoms with Crippen molar-refractivity contribution in [1.29, 1.82) is 0 Å². The normalized spacial score (nSPS) is 12.3. The van der Waals surface area contributed by atoms with Gasteiger partial charge in [-0.25, -0.2) is 0 Å². The Kier molecular flexibility index (Phi) is 11.7. The minimum Gasteiger partial charge on any atom is -0.362 e. The van der Waals surface area contributed by atoms with Crippen molar-refractivity contribution in [3.63, 3.8) is 0 Å². The van der Waals surface area contributed by atoms with Gasteiger partial charge in [-0.1, -0.05) is 80.3 Å². The molecule has 5 nitrogen and oxygen atoms in total. The predicted molar refractivity (Wildman–Crippen MR) is 119 cm³/mol. The van der Waals surface area contributed by atoms with Crippen LogP contribution in [0.5, 0.6) is 0 Å². The van der Waals surface area contributed by atoms with E-state index in [1.807, 2.05) is 0 Å². The van der Waals surface area contributed by atoms with Crippen molar-refractivity contribution < 1.29 is 9.59 Å². The van der Waals surface area contributed by atoms with Gasteiger partial charge in [-0.15, -0.1) is 0 Å². The topological polar surface area (TPSA) is 70.2 Å². The summed E-state index contributed by atoms with van der Waals surface area (Å²) in [7, 11) is 0. The Labute approximate surface area is 182 Å². The van der Waals surface area contributed by atoms with E-state index < -0.39 is 9.96 Å². The zero-order valence-electron chi connectivity index (χ0n) is 16.5. The van der Waals surface area contributed by atoms with Gasteiger partial charge in [0, 0.05) is 24.7 Å². The number of amides is 2. The fraction of sp³-hybridized carbons (Fsp3) is 0.600. The summed E-state index contributed by atoms with van der Waals surface area (Å²) >= 11 is 18.1. The van der Waals surface area contributed by atoms with Crippen LogP contribution < -0.4 is 16.0 Å². The largest absolute Gasteiger partial charge is 0.362 e. The average Bonchev–Trinajstić information content (AvgIpc) is 2.60. The van der Waals surface area contributed by atoms with Gasteiger partial charge in [0.25, 0.3) is 0 Å². The van der Waals surface area contributed by atoms with Crippen LogP contribution in [0.25, 0.3) is 0 Å².